The first-order valence-electron chi connectivity index (χ1n) is 8.74. The molecule has 28 heavy (non-hydrogen) atoms. The van der Waals surface area contributed by atoms with Crippen LogP contribution in [-0.4, -0.2) is 29.8 Å². The van der Waals surface area contributed by atoms with Crippen molar-refractivity contribution in [1.82, 2.24) is 4.90 Å². The lowest BCUT2D eigenvalue weighted by Gasteiger charge is -2.14. The summed E-state index contributed by atoms with van der Waals surface area (Å²) in [5.41, 5.74) is 2.74. The van der Waals surface area contributed by atoms with Crippen LogP contribution in [0, 0.1) is 6.92 Å². The molecule has 2 amide bonds. The second-order valence-corrected chi connectivity index (χ2v) is 8.00. The number of benzene rings is 2. The first-order chi connectivity index (χ1) is 13.4. The van der Waals surface area contributed by atoms with Gasteiger partial charge in [0.1, 0.15) is 0 Å². The summed E-state index contributed by atoms with van der Waals surface area (Å²) in [6.07, 6.45) is 1.70. The zero-order valence-electron chi connectivity index (χ0n) is 15.8. The summed E-state index contributed by atoms with van der Waals surface area (Å²) in [4.78, 5) is 26.9. The number of rotatable bonds is 6. The summed E-state index contributed by atoms with van der Waals surface area (Å²) in [6.45, 7) is 4.64. The Morgan fingerprint density at radius 3 is 2.61 bits per heavy atom. The average molecular weight is 462 g/mol. The highest BCUT2D eigenvalue weighted by atomic mass is 79.9. The molecule has 146 valence electrons. The van der Waals surface area contributed by atoms with Gasteiger partial charge in [0.25, 0.3) is 11.1 Å². The average Bonchev–Trinajstić information content (AvgIpc) is 2.93. The molecule has 7 heteroatoms. The minimum Gasteiger partial charge on any atom is -0.493 e. The van der Waals surface area contributed by atoms with Crippen LogP contribution in [0.15, 0.2) is 45.8 Å². The summed E-state index contributed by atoms with van der Waals surface area (Å²) in [7, 11) is 1.56. The van der Waals surface area contributed by atoms with Gasteiger partial charge in [0.2, 0.25) is 0 Å². The Kier molecular flexibility index (Phi) is 6.46. The third-order valence-corrected chi connectivity index (χ3v) is 5.93. The number of carbonyl (C=O) groups is 2. The van der Waals surface area contributed by atoms with Crippen LogP contribution < -0.4 is 9.47 Å². The van der Waals surface area contributed by atoms with Crippen molar-refractivity contribution in [3.05, 3.63) is 62.5 Å². The number of amides is 2. The number of thioether (sulfide) groups is 1. The zero-order chi connectivity index (χ0) is 20.3. The second kappa shape index (κ2) is 8.84. The number of hydrogen-bond donors (Lipinski definition) is 0. The van der Waals surface area contributed by atoms with Gasteiger partial charge in [-0.1, -0.05) is 40.2 Å². The van der Waals surface area contributed by atoms with Crippen LogP contribution in [0.25, 0.3) is 6.08 Å². The van der Waals surface area contributed by atoms with Crippen molar-refractivity contribution in [1.29, 1.82) is 0 Å². The number of methoxy groups -OCH3 is 1. The SMILES string of the molecule is CCOc1cc(Br)c(/C=C2\SC(=O)N(Cc3ccccc3C)C2=O)cc1OC. The van der Waals surface area contributed by atoms with Gasteiger partial charge < -0.3 is 9.47 Å². The molecular formula is C21H20BrNO4S. The number of halogens is 1. The predicted molar refractivity (Wildman–Crippen MR) is 115 cm³/mol. The van der Waals surface area contributed by atoms with E-state index in [2.05, 4.69) is 15.9 Å². The van der Waals surface area contributed by atoms with Crippen molar-refractivity contribution in [3.63, 3.8) is 0 Å². The molecule has 2 aromatic carbocycles. The summed E-state index contributed by atoms with van der Waals surface area (Å²) >= 11 is 4.45. The van der Waals surface area contributed by atoms with Gasteiger partial charge in [0, 0.05) is 4.47 Å². The number of ether oxygens (including phenoxy) is 2. The Hall–Kier alpha value is -2.25. The summed E-state index contributed by atoms with van der Waals surface area (Å²) < 4.78 is 11.7. The van der Waals surface area contributed by atoms with Gasteiger partial charge in [0.05, 0.1) is 25.2 Å². The molecular weight excluding hydrogens is 442 g/mol. The van der Waals surface area contributed by atoms with Crippen molar-refractivity contribution in [2.75, 3.05) is 13.7 Å². The van der Waals surface area contributed by atoms with E-state index in [9.17, 15) is 9.59 Å². The van der Waals surface area contributed by atoms with Gasteiger partial charge in [-0.15, -0.1) is 0 Å². The van der Waals surface area contributed by atoms with Crippen LogP contribution in [0.2, 0.25) is 0 Å². The first-order valence-corrected chi connectivity index (χ1v) is 10.4. The van der Waals surface area contributed by atoms with E-state index < -0.39 is 0 Å². The highest BCUT2D eigenvalue weighted by molar-refractivity contribution is 9.10. The summed E-state index contributed by atoms with van der Waals surface area (Å²) in [6, 6.07) is 11.3. The maximum Gasteiger partial charge on any atom is 0.293 e. The van der Waals surface area contributed by atoms with Crippen molar-refractivity contribution < 1.29 is 19.1 Å². The number of nitrogens with zero attached hydrogens (tertiary/aromatic N) is 1. The molecule has 1 aliphatic rings. The molecule has 1 fully saturated rings. The Balaban J connectivity index is 1.88. The normalized spacial score (nSPS) is 15.4. The molecule has 0 bridgehead atoms. The molecule has 3 rings (SSSR count). The fraction of sp³-hybridized carbons (Fsp3) is 0.238. The van der Waals surface area contributed by atoms with Crippen LogP contribution in [0.1, 0.15) is 23.6 Å². The van der Waals surface area contributed by atoms with Crippen LogP contribution in [0.5, 0.6) is 11.5 Å². The van der Waals surface area contributed by atoms with Crippen LogP contribution in [0.3, 0.4) is 0 Å². The molecule has 0 spiro atoms. The van der Waals surface area contributed by atoms with Gasteiger partial charge in [-0.05, 0) is 60.5 Å². The molecule has 5 nitrogen and oxygen atoms in total. The lowest BCUT2D eigenvalue weighted by atomic mass is 10.1. The molecule has 1 heterocycles. The molecule has 1 aliphatic heterocycles. The summed E-state index contributed by atoms with van der Waals surface area (Å²) in [5.74, 6) is 0.884. The molecule has 1 saturated heterocycles. The Bertz CT molecular complexity index is 957. The monoisotopic (exact) mass is 461 g/mol. The van der Waals surface area contributed by atoms with Gasteiger partial charge >= 0.3 is 0 Å². The fourth-order valence-corrected chi connectivity index (χ4v) is 4.09. The molecule has 0 aliphatic carbocycles. The van der Waals surface area contributed by atoms with Crippen LogP contribution >= 0.6 is 27.7 Å². The van der Waals surface area contributed by atoms with Gasteiger partial charge in [-0.3, -0.25) is 14.5 Å². The van der Waals surface area contributed by atoms with E-state index in [4.69, 9.17) is 9.47 Å². The molecule has 0 unspecified atom stereocenters. The van der Waals surface area contributed by atoms with Crippen molar-refractivity contribution in [3.8, 4) is 11.5 Å². The van der Waals surface area contributed by atoms with E-state index in [0.717, 1.165) is 32.9 Å². The van der Waals surface area contributed by atoms with E-state index in [-0.39, 0.29) is 17.7 Å². The lowest BCUT2D eigenvalue weighted by Crippen LogP contribution is -2.27. The molecule has 2 aromatic rings. The maximum absolute atomic E-state index is 12.8. The lowest BCUT2D eigenvalue weighted by molar-refractivity contribution is -0.123. The van der Waals surface area contributed by atoms with E-state index in [1.807, 2.05) is 38.1 Å². The standard InChI is InChI=1S/C21H20BrNO4S/c1-4-27-18-11-16(22)15(9-17(18)26-3)10-19-20(24)23(21(25)28-19)12-14-8-6-5-7-13(14)2/h5-11H,4,12H2,1-3H3/b19-10-. The summed E-state index contributed by atoms with van der Waals surface area (Å²) in [5, 5.41) is -0.270. The van der Waals surface area contributed by atoms with Crippen molar-refractivity contribution >= 4 is 44.9 Å². The minimum absolute atomic E-state index is 0.266. The van der Waals surface area contributed by atoms with Crippen LogP contribution in [-0.2, 0) is 11.3 Å². The molecule has 0 saturated carbocycles. The first kappa shape index (κ1) is 20.5. The zero-order valence-corrected chi connectivity index (χ0v) is 18.2. The Morgan fingerprint density at radius 2 is 1.93 bits per heavy atom. The van der Waals surface area contributed by atoms with Crippen LogP contribution in [0.4, 0.5) is 4.79 Å². The molecule has 0 aromatic heterocycles. The van der Waals surface area contributed by atoms with Gasteiger partial charge in [-0.25, -0.2) is 0 Å². The highest BCUT2D eigenvalue weighted by Crippen LogP contribution is 2.38. The third-order valence-electron chi connectivity index (χ3n) is 4.33. The van der Waals surface area contributed by atoms with Gasteiger partial charge in [-0.2, -0.15) is 0 Å². The van der Waals surface area contributed by atoms with E-state index >= 15 is 0 Å². The number of aryl methyl sites for hydroxylation is 1. The van der Waals surface area contributed by atoms with E-state index in [1.165, 1.54) is 4.90 Å². The van der Waals surface area contributed by atoms with E-state index in [0.29, 0.717) is 23.0 Å². The van der Waals surface area contributed by atoms with Crippen molar-refractivity contribution in [2.45, 2.75) is 20.4 Å². The number of carbonyl (C=O) groups excluding carboxylic acids is 2. The maximum atomic E-state index is 12.8. The number of imide groups is 1. The van der Waals surface area contributed by atoms with Crippen molar-refractivity contribution in [2.24, 2.45) is 0 Å². The Labute approximate surface area is 176 Å². The topological polar surface area (TPSA) is 55.8 Å². The molecule has 0 atom stereocenters. The fourth-order valence-electron chi connectivity index (χ4n) is 2.82. The van der Waals surface area contributed by atoms with E-state index in [1.54, 1.807) is 25.3 Å². The number of hydrogen-bond acceptors (Lipinski definition) is 5. The molecule has 0 N–H and O–H groups in total. The second-order valence-electron chi connectivity index (χ2n) is 6.15. The highest BCUT2D eigenvalue weighted by Gasteiger charge is 2.35. The van der Waals surface area contributed by atoms with Gasteiger partial charge in [0.15, 0.2) is 11.5 Å². The smallest absolute Gasteiger partial charge is 0.293 e. The molecule has 0 radical (unpaired) electrons. The third kappa shape index (κ3) is 4.25. The quantitative estimate of drug-likeness (QED) is 0.538. The minimum atomic E-state index is -0.294. The predicted octanol–water partition coefficient (Wildman–Crippen LogP) is 5.40. The largest absolute Gasteiger partial charge is 0.493 e. The Morgan fingerprint density at radius 1 is 1.18 bits per heavy atom.